The number of aryl methyl sites for hydroxylation is 1. The van der Waals surface area contributed by atoms with Crippen LogP contribution in [0.1, 0.15) is 33.9 Å². The van der Waals surface area contributed by atoms with Crippen molar-refractivity contribution in [3.63, 3.8) is 0 Å². The Hall–Kier alpha value is -1.98. The van der Waals surface area contributed by atoms with Gasteiger partial charge in [0.25, 0.3) is 5.91 Å². The second-order valence-electron chi connectivity index (χ2n) is 5.99. The second-order valence-corrected chi connectivity index (χ2v) is 7.56. The number of benzene rings is 2. The molecule has 4 nitrogen and oxygen atoms in total. The van der Waals surface area contributed by atoms with Gasteiger partial charge in [-0.1, -0.05) is 29.3 Å². The maximum atomic E-state index is 12.2. The molecule has 0 spiro atoms. The summed E-state index contributed by atoms with van der Waals surface area (Å²) in [5.41, 5.74) is 2.67. The van der Waals surface area contributed by atoms with E-state index in [1.165, 1.54) is 0 Å². The van der Waals surface area contributed by atoms with Crippen LogP contribution in [0.5, 0.6) is 0 Å². The van der Waals surface area contributed by atoms with Gasteiger partial charge in [0, 0.05) is 21.2 Å². The molecule has 6 heteroatoms. The zero-order valence-electron chi connectivity index (χ0n) is 13.8. The third kappa shape index (κ3) is 4.55. The average molecular weight is 375 g/mol. The average Bonchev–Trinajstić information content (AvgIpc) is 2.61. The fraction of sp³-hybridized carbons (Fsp3) is 0.263. The van der Waals surface area contributed by atoms with Gasteiger partial charge in [0.15, 0.2) is 0 Å². The van der Waals surface area contributed by atoms with Crippen molar-refractivity contribution >= 4 is 35.2 Å². The molecule has 0 saturated heterocycles. The third-order valence-corrected chi connectivity index (χ3v) is 5.43. The minimum absolute atomic E-state index is 0.0494. The quantitative estimate of drug-likeness (QED) is 0.857. The molecule has 0 aromatic heterocycles. The molecule has 0 radical (unpaired) electrons. The zero-order chi connectivity index (χ0) is 17.8. The van der Waals surface area contributed by atoms with Gasteiger partial charge in [0.2, 0.25) is 5.91 Å². The van der Waals surface area contributed by atoms with Crippen molar-refractivity contribution in [3.05, 3.63) is 64.2 Å². The predicted molar refractivity (Wildman–Crippen MR) is 101 cm³/mol. The summed E-state index contributed by atoms with van der Waals surface area (Å²) in [4.78, 5) is 25.5. The van der Waals surface area contributed by atoms with Gasteiger partial charge < -0.3 is 10.6 Å². The number of thioether (sulfide) groups is 1. The van der Waals surface area contributed by atoms with E-state index in [9.17, 15) is 9.59 Å². The van der Waals surface area contributed by atoms with Gasteiger partial charge in [-0.25, -0.2) is 0 Å². The molecule has 0 fully saturated rings. The molecule has 0 aliphatic carbocycles. The van der Waals surface area contributed by atoms with Crippen molar-refractivity contribution in [1.82, 2.24) is 10.6 Å². The van der Waals surface area contributed by atoms with E-state index in [4.69, 9.17) is 11.6 Å². The van der Waals surface area contributed by atoms with Crippen LogP contribution in [0, 0.1) is 6.92 Å². The molecule has 1 aliphatic rings. The van der Waals surface area contributed by atoms with Crippen LogP contribution in [0.3, 0.4) is 0 Å². The van der Waals surface area contributed by atoms with Gasteiger partial charge in [-0.05, 0) is 49.2 Å². The Kier molecular flexibility index (Phi) is 5.66. The highest BCUT2D eigenvalue weighted by molar-refractivity contribution is 7.99. The van der Waals surface area contributed by atoms with Gasteiger partial charge in [-0.3, -0.25) is 9.59 Å². The monoisotopic (exact) mass is 374 g/mol. The van der Waals surface area contributed by atoms with Crippen molar-refractivity contribution in [2.24, 2.45) is 0 Å². The summed E-state index contributed by atoms with van der Waals surface area (Å²) >= 11 is 7.85. The van der Waals surface area contributed by atoms with Gasteiger partial charge in [0.05, 0.1) is 12.6 Å². The summed E-state index contributed by atoms with van der Waals surface area (Å²) < 4.78 is 0. The van der Waals surface area contributed by atoms with Crippen LogP contribution in [0.4, 0.5) is 0 Å². The van der Waals surface area contributed by atoms with E-state index in [0.29, 0.717) is 10.6 Å². The number of amides is 2. The lowest BCUT2D eigenvalue weighted by Crippen LogP contribution is -2.39. The van der Waals surface area contributed by atoms with Crippen LogP contribution >= 0.6 is 23.4 Å². The van der Waals surface area contributed by atoms with E-state index in [0.717, 1.165) is 28.2 Å². The lowest BCUT2D eigenvalue weighted by molar-refractivity contribution is -0.120. The number of carbonyl (C=O) groups is 2. The van der Waals surface area contributed by atoms with Crippen molar-refractivity contribution in [2.75, 3.05) is 12.3 Å². The first-order valence-corrected chi connectivity index (χ1v) is 9.46. The van der Waals surface area contributed by atoms with Crippen molar-refractivity contribution < 1.29 is 9.59 Å². The first-order chi connectivity index (χ1) is 12.0. The normalized spacial score (nSPS) is 16.0. The minimum Gasteiger partial charge on any atom is -0.348 e. The molecule has 1 atom stereocenters. The molecular weight excluding hydrogens is 356 g/mol. The van der Waals surface area contributed by atoms with E-state index < -0.39 is 0 Å². The summed E-state index contributed by atoms with van der Waals surface area (Å²) in [7, 11) is 0. The number of halogens is 1. The number of hydrogen-bond donors (Lipinski definition) is 2. The smallest absolute Gasteiger partial charge is 0.251 e. The summed E-state index contributed by atoms with van der Waals surface area (Å²) in [6.07, 6.45) is 0.843. The molecule has 2 aromatic rings. The molecule has 1 aliphatic heterocycles. The minimum atomic E-state index is -0.252. The van der Waals surface area contributed by atoms with E-state index >= 15 is 0 Å². The Balaban J connectivity index is 1.58. The lowest BCUT2D eigenvalue weighted by atomic mass is 10.0. The summed E-state index contributed by atoms with van der Waals surface area (Å²) in [5.74, 6) is 0.482. The molecule has 130 valence electrons. The maximum absolute atomic E-state index is 12.2. The van der Waals surface area contributed by atoms with Crippen LogP contribution in [0.2, 0.25) is 5.02 Å². The summed E-state index contributed by atoms with van der Waals surface area (Å²) in [5, 5.41) is 6.31. The maximum Gasteiger partial charge on any atom is 0.251 e. The Labute approximate surface area is 156 Å². The number of nitrogens with one attached hydrogen (secondary N) is 2. The van der Waals surface area contributed by atoms with Crippen LogP contribution in [-0.4, -0.2) is 24.1 Å². The highest BCUT2D eigenvalue weighted by Crippen LogP contribution is 2.37. The SMILES string of the molecule is Cc1ccc(C(=O)NCC(=O)NC2CCSc3ccc(Cl)cc32)cc1. The highest BCUT2D eigenvalue weighted by Gasteiger charge is 2.22. The molecule has 2 amide bonds. The van der Waals surface area contributed by atoms with Crippen molar-refractivity contribution in [1.29, 1.82) is 0 Å². The molecule has 2 aromatic carbocycles. The van der Waals surface area contributed by atoms with Gasteiger partial charge in [-0.2, -0.15) is 0 Å². The van der Waals surface area contributed by atoms with Gasteiger partial charge in [0.1, 0.15) is 0 Å². The Morgan fingerprint density at radius 2 is 1.96 bits per heavy atom. The molecule has 1 heterocycles. The van der Waals surface area contributed by atoms with E-state index in [2.05, 4.69) is 10.6 Å². The molecule has 0 bridgehead atoms. The predicted octanol–water partition coefficient (Wildman–Crippen LogP) is 3.73. The fourth-order valence-electron chi connectivity index (χ4n) is 2.73. The topological polar surface area (TPSA) is 58.2 Å². The Bertz CT molecular complexity index is 793. The van der Waals surface area contributed by atoms with Crippen LogP contribution in [-0.2, 0) is 4.79 Å². The van der Waals surface area contributed by atoms with Gasteiger partial charge >= 0.3 is 0 Å². The number of hydrogen-bond acceptors (Lipinski definition) is 3. The molecule has 3 rings (SSSR count). The van der Waals surface area contributed by atoms with Crippen LogP contribution in [0.15, 0.2) is 47.4 Å². The molecular formula is C19H19ClN2O2S. The molecule has 25 heavy (non-hydrogen) atoms. The zero-order valence-corrected chi connectivity index (χ0v) is 15.4. The molecule has 2 N–H and O–H groups in total. The van der Waals surface area contributed by atoms with Crippen LogP contribution < -0.4 is 10.6 Å². The Morgan fingerprint density at radius 1 is 1.20 bits per heavy atom. The second kappa shape index (κ2) is 7.93. The fourth-order valence-corrected chi connectivity index (χ4v) is 4.01. The first-order valence-electron chi connectivity index (χ1n) is 8.09. The summed E-state index contributed by atoms with van der Waals surface area (Å²) in [6, 6.07) is 12.9. The first kappa shape index (κ1) is 17.8. The van der Waals surface area contributed by atoms with Gasteiger partial charge in [-0.15, -0.1) is 11.8 Å². The lowest BCUT2D eigenvalue weighted by Gasteiger charge is -2.26. The molecule has 1 unspecified atom stereocenters. The van der Waals surface area contributed by atoms with E-state index in [1.54, 1.807) is 23.9 Å². The van der Waals surface area contributed by atoms with E-state index in [1.807, 2.05) is 37.3 Å². The highest BCUT2D eigenvalue weighted by atomic mass is 35.5. The van der Waals surface area contributed by atoms with Crippen molar-refractivity contribution in [2.45, 2.75) is 24.3 Å². The number of rotatable bonds is 4. The molecule has 0 saturated carbocycles. The van der Waals surface area contributed by atoms with E-state index in [-0.39, 0.29) is 24.4 Å². The number of carbonyl (C=O) groups excluding carboxylic acids is 2. The largest absolute Gasteiger partial charge is 0.348 e. The standard InChI is InChI=1S/C19H19ClN2O2S/c1-12-2-4-13(5-3-12)19(24)21-11-18(23)22-16-8-9-25-17-7-6-14(20)10-15(16)17/h2-7,10,16H,8-9,11H2,1H3,(H,21,24)(H,22,23). The third-order valence-electron chi connectivity index (χ3n) is 4.07. The van der Waals surface area contributed by atoms with Crippen LogP contribution in [0.25, 0.3) is 0 Å². The van der Waals surface area contributed by atoms with Crippen molar-refractivity contribution in [3.8, 4) is 0 Å². The summed E-state index contributed by atoms with van der Waals surface area (Å²) in [6.45, 7) is 1.91. The number of fused-ring (bicyclic) bond motifs is 1. The Morgan fingerprint density at radius 3 is 2.72 bits per heavy atom.